The number of amides is 1. The first-order valence-corrected chi connectivity index (χ1v) is 10.5. The molecule has 1 aromatic heterocycles. The van der Waals surface area contributed by atoms with E-state index in [-0.39, 0.29) is 32.1 Å². The molecule has 2 heterocycles. The summed E-state index contributed by atoms with van der Waals surface area (Å²) < 4.78 is 66.3. The Labute approximate surface area is 164 Å². The Hall–Kier alpha value is -2.24. The molecule has 3 rings (SSSR count). The number of rotatable bonds is 4. The Morgan fingerprint density at radius 3 is 2.43 bits per heavy atom. The van der Waals surface area contributed by atoms with E-state index in [1.54, 1.807) is 11.5 Å². The molecule has 150 valence electrons. The van der Waals surface area contributed by atoms with Crippen LogP contribution in [0.15, 0.2) is 28.5 Å². The van der Waals surface area contributed by atoms with Crippen molar-refractivity contribution < 1.29 is 26.4 Å². The second-order valence-corrected chi connectivity index (χ2v) is 9.00. The SMILES string of the molecule is Cc1nc(/C=C/C(=O)N2CCN(S(=O)(=O)c3ccc(F)c(F)c3F)CC2)cs1. The van der Waals surface area contributed by atoms with Crippen molar-refractivity contribution in [3.63, 3.8) is 0 Å². The zero-order chi connectivity index (χ0) is 20.5. The maximum absolute atomic E-state index is 13.9. The van der Waals surface area contributed by atoms with Gasteiger partial charge in [-0.1, -0.05) is 0 Å². The van der Waals surface area contributed by atoms with Crippen LogP contribution in [0.2, 0.25) is 0 Å². The molecule has 0 radical (unpaired) electrons. The van der Waals surface area contributed by atoms with Gasteiger partial charge in [0.05, 0.1) is 10.7 Å². The lowest BCUT2D eigenvalue weighted by Crippen LogP contribution is -2.50. The van der Waals surface area contributed by atoms with Crippen molar-refractivity contribution in [1.82, 2.24) is 14.2 Å². The summed E-state index contributed by atoms with van der Waals surface area (Å²) in [5.74, 6) is -5.35. The molecule has 1 fully saturated rings. The van der Waals surface area contributed by atoms with Gasteiger partial charge in [-0.2, -0.15) is 4.31 Å². The summed E-state index contributed by atoms with van der Waals surface area (Å²) in [7, 11) is -4.35. The first kappa shape index (κ1) is 20.5. The first-order chi connectivity index (χ1) is 13.2. The summed E-state index contributed by atoms with van der Waals surface area (Å²) in [5.41, 5.74) is 0.658. The van der Waals surface area contributed by atoms with Crippen molar-refractivity contribution in [2.45, 2.75) is 11.8 Å². The third kappa shape index (κ3) is 4.10. The zero-order valence-corrected chi connectivity index (χ0v) is 16.4. The molecular formula is C17H16F3N3O3S2. The number of aryl methyl sites for hydroxylation is 1. The number of carbonyl (C=O) groups is 1. The molecule has 1 aliphatic heterocycles. The fourth-order valence-electron chi connectivity index (χ4n) is 2.71. The van der Waals surface area contributed by atoms with E-state index < -0.39 is 32.4 Å². The number of sulfonamides is 1. The van der Waals surface area contributed by atoms with Crippen LogP contribution in [0, 0.1) is 24.4 Å². The van der Waals surface area contributed by atoms with Gasteiger partial charge in [0.15, 0.2) is 17.5 Å². The molecule has 1 saturated heterocycles. The van der Waals surface area contributed by atoms with E-state index >= 15 is 0 Å². The Balaban J connectivity index is 1.67. The van der Waals surface area contributed by atoms with Gasteiger partial charge >= 0.3 is 0 Å². The molecule has 1 amide bonds. The average molecular weight is 431 g/mol. The fourth-order valence-corrected chi connectivity index (χ4v) is 4.77. The molecule has 0 unspecified atom stereocenters. The van der Waals surface area contributed by atoms with Crippen LogP contribution in [-0.4, -0.2) is 54.7 Å². The van der Waals surface area contributed by atoms with Gasteiger partial charge in [0, 0.05) is 37.6 Å². The lowest BCUT2D eigenvalue weighted by Gasteiger charge is -2.33. The van der Waals surface area contributed by atoms with Crippen LogP contribution < -0.4 is 0 Å². The maximum atomic E-state index is 13.9. The van der Waals surface area contributed by atoms with Gasteiger partial charge in [0.2, 0.25) is 15.9 Å². The number of piperazine rings is 1. The highest BCUT2D eigenvalue weighted by atomic mass is 32.2. The molecule has 2 aromatic rings. The summed E-state index contributed by atoms with van der Waals surface area (Å²) in [6, 6.07) is 1.26. The molecule has 0 saturated carbocycles. The quantitative estimate of drug-likeness (QED) is 0.551. The minimum Gasteiger partial charge on any atom is -0.337 e. The van der Waals surface area contributed by atoms with Crippen molar-refractivity contribution in [3.05, 3.63) is 51.7 Å². The Morgan fingerprint density at radius 1 is 1.14 bits per heavy atom. The van der Waals surface area contributed by atoms with Gasteiger partial charge in [-0.3, -0.25) is 4.79 Å². The molecule has 11 heteroatoms. The van der Waals surface area contributed by atoms with Crippen LogP contribution in [0.5, 0.6) is 0 Å². The zero-order valence-electron chi connectivity index (χ0n) is 14.7. The van der Waals surface area contributed by atoms with Crippen molar-refractivity contribution in [3.8, 4) is 0 Å². The molecule has 0 atom stereocenters. The van der Waals surface area contributed by atoms with E-state index in [0.717, 1.165) is 9.31 Å². The second-order valence-electron chi connectivity index (χ2n) is 6.03. The number of hydrogen-bond donors (Lipinski definition) is 0. The number of aromatic nitrogens is 1. The van der Waals surface area contributed by atoms with Crippen LogP contribution in [0.25, 0.3) is 6.08 Å². The molecule has 1 aliphatic rings. The summed E-state index contributed by atoms with van der Waals surface area (Å²) in [4.78, 5) is 17.0. The number of nitrogens with zero attached hydrogens (tertiary/aromatic N) is 3. The lowest BCUT2D eigenvalue weighted by molar-refractivity contribution is -0.127. The minimum absolute atomic E-state index is 0.0871. The number of halogens is 3. The number of thiazole rings is 1. The lowest BCUT2D eigenvalue weighted by atomic mass is 10.3. The summed E-state index contributed by atoms with van der Waals surface area (Å²) in [6.45, 7) is 1.85. The molecule has 0 spiro atoms. The van der Waals surface area contributed by atoms with Crippen LogP contribution in [0.3, 0.4) is 0 Å². The Bertz CT molecular complexity index is 1030. The number of hydrogen-bond acceptors (Lipinski definition) is 5. The van der Waals surface area contributed by atoms with Crippen LogP contribution in [0.1, 0.15) is 10.7 Å². The monoisotopic (exact) mass is 431 g/mol. The van der Waals surface area contributed by atoms with Gasteiger partial charge in [-0.25, -0.2) is 26.6 Å². The fraction of sp³-hybridized carbons (Fsp3) is 0.294. The molecule has 28 heavy (non-hydrogen) atoms. The van der Waals surface area contributed by atoms with E-state index in [4.69, 9.17) is 0 Å². The van der Waals surface area contributed by atoms with Gasteiger partial charge in [-0.15, -0.1) is 11.3 Å². The molecule has 0 N–H and O–H groups in total. The van der Waals surface area contributed by atoms with Crippen molar-refractivity contribution >= 4 is 33.3 Å². The average Bonchev–Trinajstić information content (AvgIpc) is 3.09. The molecular weight excluding hydrogens is 415 g/mol. The van der Waals surface area contributed by atoms with Gasteiger partial charge in [0.1, 0.15) is 4.90 Å². The molecule has 1 aromatic carbocycles. The normalized spacial score (nSPS) is 16.1. The van der Waals surface area contributed by atoms with Crippen molar-refractivity contribution in [2.75, 3.05) is 26.2 Å². The van der Waals surface area contributed by atoms with Gasteiger partial charge in [0.25, 0.3) is 0 Å². The van der Waals surface area contributed by atoms with Crippen LogP contribution in [-0.2, 0) is 14.8 Å². The summed E-state index contributed by atoms with van der Waals surface area (Å²) >= 11 is 1.45. The molecule has 0 bridgehead atoms. The van der Waals surface area contributed by atoms with Crippen LogP contribution >= 0.6 is 11.3 Å². The van der Waals surface area contributed by atoms with E-state index in [1.807, 2.05) is 6.92 Å². The van der Waals surface area contributed by atoms with Gasteiger partial charge < -0.3 is 4.90 Å². The summed E-state index contributed by atoms with van der Waals surface area (Å²) in [6.07, 6.45) is 2.93. The predicted octanol–water partition coefficient (Wildman–Crippen LogP) is 2.42. The Kier molecular flexibility index (Phi) is 5.87. The highest BCUT2D eigenvalue weighted by Crippen LogP contribution is 2.24. The third-order valence-corrected chi connectivity index (χ3v) is 6.91. The van der Waals surface area contributed by atoms with Gasteiger partial charge in [-0.05, 0) is 25.1 Å². The molecule has 0 aliphatic carbocycles. The highest BCUT2D eigenvalue weighted by molar-refractivity contribution is 7.89. The van der Waals surface area contributed by atoms with E-state index in [2.05, 4.69) is 4.98 Å². The van der Waals surface area contributed by atoms with Crippen LogP contribution in [0.4, 0.5) is 13.2 Å². The Morgan fingerprint density at radius 2 is 1.82 bits per heavy atom. The van der Waals surface area contributed by atoms with Crippen molar-refractivity contribution in [1.29, 1.82) is 0 Å². The maximum Gasteiger partial charge on any atom is 0.246 e. The number of carbonyl (C=O) groups excluding carboxylic acids is 1. The predicted molar refractivity (Wildman–Crippen MR) is 97.5 cm³/mol. The van der Waals surface area contributed by atoms with Crippen molar-refractivity contribution in [2.24, 2.45) is 0 Å². The smallest absolute Gasteiger partial charge is 0.246 e. The summed E-state index contributed by atoms with van der Waals surface area (Å²) in [5, 5.41) is 2.68. The third-order valence-electron chi connectivity index (χ3n) is 4.20. The largest absolute Gasteiger partial charge is 0.337 e. The standard InChI is InChI=1S/C17H16F3N3O3S2/c1-11-21-12(10-27-11)2-5-15(24)22-6-8-23(9-7-22)28(25,26)14-4-3-13(18)16(19)17(14)20/h2-5,10H,6-9H2,1H3/b5-2+. The second kappa shape index (κ2) is 8.02. The van der Waals surface area contributed by atoms with E-state index in [0.29, 0.717) is 17.8 Å². The van der Waals surface area contributed by atoms with E-state index in [1.165, 1.54) is 22.3 Å². The topological polar surface area (TPSA) is 70.6 Å². The highest BCUT2D eigenvalue weighted by Gasteiger charge is 2.33. The molecule has 6 nitrogen and oxygen atoms in total. The first-order valence-electron chi connectivity index (χ1n) is 8.23. The number of benzene rings is 1. The minimum atomic E-state index is -4.35. The van der Waals surface area contributed by atoms with E-state index in [9.17, 15) is 26.4 Å².